The first-order valence-electron chi connectivity index (χ1n) is 22.4. The molecule has 0 bridgehead atoms. The van der Waals surface area contributed by atoms with E-state index in [2.05, 4.69) is 252 Å². The van der Waals surface area contributed by atoms with Gasteiger partial charge in [-0.2, -0.15) is 0 Å². The summed E-state index contributed by atoms with van der Waals surface area (Å²) in [6.07, 6.45) is 0. The molecule has 1 spiro atoms. The zero-order valence-corrected chi connectivity index (χ0v) is 35.0. The molecule has 10 aromatic carbocycles. The van der Waals surface area contributed by atoms with Gasteiger partial charge in [-0.15, -0.1) is 0 Å². The van der Waals surface area contributed by atoms with Crippen molar-refractivity contribution in [3.8, 4) is 33.4 Å². The van der Waals surface area contributed by atoms with Crippen molar-refractivity contribution in [1.29, 1.82) is 0 Å². The molecule has 14 rings (SSSR count). The van der Waals surface area contributed by atoms with Gasteiger partial charge in [-0.1, -0.05) is 182 Å². The third-order valence-electron chi connectivity index (χ3n) is 14.6. The summed E-state index contributed by atoms with van der Waals surface area (Å²) in [5.41, 5.74) is 24.2. The first-order valence-corrected chi connectivity index (χ1v) is 22.4. The molecule has 1 heterocycles. The number of benzene rings is 10. The highest BCUT2D eigenvalue weighted by atomic mass is 15.2. The average molecular weight is 813 g/mol. The van der Waals surface area contributed by atoms with Gasteiger partial charge in [0.25, 0.3) is 0 Å². The Morgan fingerprint density at radius 1 is 0.281 bits per heavy atom. The third-order valence-corrected chi connectivity index (χ3v) is 14.6. The molecular formula is C62H40N2. The first-order chi connectivity index (χ1) is 31.8. The summed E-state index contributed by atoms with van der Waals surface area (Å²) in [4.78, 5) is 4.95. The minimum Gasteiger partial charge on any atom is -0.310 e. The highest BCUT2D eigenvalue weighted by molar-refractivity contribution is 6.01. The Labute approximate surface area is 373 Å². The maximum atomic E-state index is 2.51. The molecule has 298 valence electrons. The standard InChI is InChI=1S/C62H40N2/c1-4-19-41(20-5-1)61-55-32-16-17-33-58(55)64(43-23-8-3-9-24-43)59-34-18-28-51(60(59)61)50-38-36-44(39-56(50)61)63(42-21-6-2-7-22-42)45-35-37-49-48-27-12-15-31-54(48)62(57(49)40-45)52-29-13-10-25-46(52)47-26-11-14-30-53(47)62/h1-40H. The van der Waals surface area contributed by atoms with Gasteiger partial charge in [-0.05, 0) is 133 Å². The van der Waals surface area contributed by atoms with Crippen LogP contribution in [-0.2, 0) is 10.8 Å². The van der Waals surface area contributed by atoms with E-state index in [4.69, 9.17) is 0 Å². The van der Waals surface area contributed by atoms with Gasteiger partial charge in [-0.25, -0.2) is 0 Å². The van der Waals surface area contributed by atoms with Crippen molar-refractivity contribution >= 4 is 34.1 Å². The Morgan fingerprint density at radius 2 is 0.719 bits per heavy atom. The van der Waals surface area contributed by atoms with Crippen LogP contribution in [0.5, 0.6) is 0 Å². The molecule has 0 fully saturated rings. The molecule has 0 amide bonds. The molecule has 2 nitrogen and oxygen atoms in total. The van der Waals surface area contributed by atoms with Gasteiger partial charge in [0.2, 0.25) is 0 Å². The SMILES string of the molecule is c1ccc(N(c2ccc3c(c2)C2(c4ccccc4-c4ccccc42)c2ccccc2-3)c2ccc3c(c2)C2(c4ccccc4)c4ccccc4N(c4ccccc4)c4cccc-3c42)cc1. The summed E-state index contributed by atoms with van der Waals surface area (Å²) in [7, 11) is 0. The van der Waals surface area contributed by atoms with Crippen molar-refractivity contribution in [2.45, 2.75) is 10.8 Å². The Bertz CT molecular complexity index is 3450. The number of nitrogens with zero attached hydrogens (tertiary/aromatic N) is 2. The predicted molar refractivity (Wildman–Crippen MR) is 263 cm³/mol. The minimum absolute atomic E-state index is 0.443. The van der Waals surface area contributed by atoms with Crippen molar-refractivity contribution in [3.63, 3.8) is 0 Å². The molecule has 3 aliphatic carbocycles. The molecule has 64 heavy (non-hydrogen) atoms. The molecular weight excluding hydrogens is 773 g/mol. The van der Waals surface area contributed by atoms with Crippen molar-refractivity contribution < 1.29 is 0 Å². The van der Waals surface area contributed by atoms with Crippen molar-refractivity contribution in [1.82, 2.24) is 0 Å². The second kappa shape index (κ2) is 13.2. The lowest BCUT2D eigenvalue weighted by Gasteiger charge is -2.44. The molecule has 0 saturated carbocycles. The van der Waals surface area contributed by atoms with Gasteiger partial charge in [0.05, 0.1) is 22.2 Å². The molecule has 0 aromatic heterocycles. The molecule has 0 radical (unpaired) electrons. The first kappa shape index (κ1) is 35.4. The van der Waals surface area contributed by atoms with Crippen LogP contribution in [0.4, 0.5) is 34.1 Å². The summed E-state index contributed by atoms with van der Waals surface area (Å²) < 4.78 is 0. The van der Waals surface area contributed by atoms with Gasteiger partial charge < -0.3 is 9.80 Å². The molecule has 0 saturated heterocycles. The number of hydrogen-bond acceptors (Lipinski definition) is 2. The number of anilines is 6. The van der Waals surface area contributed by atoms with E-state index >= 15 is 0 Å². The van der Waals surface area contributed by atoms with E-state index in [1.807, 2.05) is 0 Å². The molecule has 1 unspecified atom stereocenters. The number of para-hydroxylation sites is 3. The maximum absolute atomic E-state index is 2.51. The summed E-state index contributed by atoms with van der Waals surface area (Å²) in [6, 6.07) is 90.7. The van der Waals surface area contributed by atoms with Gasteiger partial charge in [0.15, 0.2) is 0 Å². The van der Waals surface area contributed by atoms with E-state index in [0.717, 1.165) is 22.7 Å². The van der Waals surface area contributed by atoms with Gasteiger partial charge in [0, 0.05) is 28.3 Å². The van der Waals surface area contributed by atoms with E-state index < -0.39 is 10.8 Å². The van der Waals surface area contributed by atoms with Crippen LogP contribution < -0.4 is 9.80 Å². The maximum Gasteiger partial charge on any atom is 0.0755 e. The fourth-order valence-corrected chi connectivity index (χ4v) is 12.3. The summed E-state index contributed by atoms with van der Waals surface area (Å²) in [6.45, 7) is 0. The van der Waals surface area contributed by atoms with E-state index in [9.17, 15) is 0 Å². The number of hydrogen-bond donors (Lipinski definition) is 0. The molecule has 0 N–H and O–H groups in total. The normalized spacial score (nSPS) is 16.0. The largest absolute Gasteiger partial charge is 0.310 e. The highest BCUT2D eigenvalue weighted by Crippen LogP contribution is 2.66. The van der Waals surface area contributed by atoms with E-state index in [1.165, 1.54) is 89.3 Å². The van der Waals surface area contributed by atoms with Crippen LogP contribution >= 0.6 is 0 Å². The summed E-state index contributed by atoms with van der Waals surface area (Å²) in [5, 5.41) is 0. The van der Waals surface area contributed by atoms with Crippen LogP contribution in [0, 0.1) is 0 Å². The minimum atomic E-state index is -0.566. The second-order valence-corrected chi connectivity index (χ2v) is 17.5. The lowest BCUT2D eigenvalue weighted by atomic mass is 9.65. The van der Waals surface area contributed by atoms with E-state index in [0.29, 0.717) is 0 Å². The number of fused-ring (bicyclic) bond motifs is 15. The average Bonchev–Trinajstić information content (AvgIpc) is 3.96. The smallest absolute Gasteiger partial charge is 0.0755 e. The predicted octanol–water partition coefficient (Wildman–Crippen LogP) is 15.6. The zero-order valence-electron chi connectivity index (χ0n) is 35.0. The van der Waals surface area contributed by atoms with Crippen molar-refractivity contribution in [2.24, 2.45) is 0 Å². The summed E-state index contributed by atoms with van der Waals surface area (Å²) in [5.74, 6) is 0. The number of rotatable bonds is 5. The topological polar surface area (TPSA) is 6.48 Å². The Hall–Kier alpha value is -8.20. The third kappa shape index (κ3) is 4.44. The van der Waals surface area contributed by atoms with Crippen LogP contribution in [0.15, 0.2) is 243 Å². The lowest BCUT2D eigenvalue weighted by molar-refractivity contribution is 0.753. The second-order valence-electron chi connectivity index (χ2n) is 17.5. The van der Waals surface area contributed by atoms with Crippen molar-refractivity contribution in [3.05, 3.63) is 287 Å². The molecule has 10 aromatic rings. The van der Waals surface area contributed by atoms with Crippen LogP contribution in [-0.4, -0.2) is 0 Å². The van der Waals surface area contributed by atoms with Crippen LogP contribution in [0.25, 0.3) is 33.4 Å². The molecule has 2 heteroatoms. The molecule has 1 aliphatic heterocycles. The highest BCUT2D eigenvalue weighted by Gasteiger charge is 2.54. The van der Waals surface area contributed by atoms with Gasteiger partial charge >= 0.3 is 0 Å². The fourth-order valence-electron chi connectivity index (χ4n) is 12.3. The van der Waals surface area contributed by atoms with Gasteiger partial charge in [-0.3, -0.25) is 0 Å². The van der Waals surface area contributed by atoms with E-state index in [1.54, 1.807) is 0 Å². The monoisotopic (exact) mass is 812 g/mol. The Balaban J connectivity index is 1.03. The van der Waals surface area contributed by atoms with Crippen LogP contribution in [0.3, 0.4) is 0 Å². The Morgan fingerprint density at radius 3 is 1.33 bits per heavy atom. The Kier molecular flexibility index (Phi) is 7.28. The molecule has 1 atom stereocenters. The quantitative estimate of drug-likeness (QED) is 0.171. The van der Waals surface area contributed by atoms with Crippen LogP contribution in [0.2, 0.25) is 0 Å². The fraction of sp³-hybridized carbons (Fsp3) is 0.0323. The lowest BCUT2D eigenvalue weighted by Crippen LogP contribution is -2.36. The van der Waals surface area contributed by atoms with E-state index in [-0.39, 0.29) is 0 Å². The van der Waals surface area contributed by atoms with Gasteiger partial charge in [0.1, 0.15) is 0 Å². The summed E-state index contributed by atoms with van der Waals surface area (Å²) >= 11 is 0. The van der Waals surface area contributed by atoms with Crippen molar-refractivity contribution in [2.75, 3.05) is 9.80 Å². The van der Waals surface area contributed by atoms with Crippen LogP contribution in [0.1, 0.15) is 44.5 Å². The molecule has 4 aliphatic rings. The zero-order chi connectivity index (χ0) is 42.0.